The summed E-state index contributed by atoms with van der Waals surface area (Å²) in [5.74, 6) is -2.33. The second-order valence-electron chi connectivity index (χ2n) is 7.48. The first-order valence-corrected chi connectivity index (χ1v) is 10.9. The number of amides is 2. The first-order valence-electron chi connectivity index (χ1n) is 10.1. The van der Waals surface area contributed by atoms with Crippen LogP contribution in [0.15, 0.2) is 42.5 Å². The van der Waals surface area contributed by atoms with Crippen molar-refractivity contribution >= 4 is 28.3 Å². The zero-order valence-corrected chi connectivity index (χ0v) is 17.7. The molecule has 2 aromatic carbocycles. The van der Waals surface area contributed by atoms with Crippen molar-refractivity contribution in [1.82, 2.24) is 10.3 Å². The molecule has 0 fully saturated rings. The Morgan fingerprint density at radius 1 is 1.16 bits per heavy atom. The van der Waals surface area contributed by atoms with E-state index in [1.165, 1.54) is 16.9 Å². The van der Waals surface area contributed by atoms with Crippen molar-refractivity contribution in [2.75, 3.05) is 5.32 Å². The summed E-state index contributed by atoms with van der Waals surface area (Å²) in [4.78, 5) is 30.8. The molecule has 31 heavy (non-hydrogen) atoms. The van der Waals surface area contributed by atoms with Crippen LogP contribution < -0.4 is 10.6 Å². The lowest BCUT2D eigenvalue weighted by molar-refractivity contribution is -0.126. The highest BCUT2D eigenvalue weighted by atomic mass is 32.1. The molecular formula is C23H21F2N3O2S. The number of nitrogens with one attached hydrogen (secondary N) is 2. The number of anilines is 1. The van der Waals surface area contributed by atoms with Crippen LogP contribution in [0.25, 0.3) is 10.4 Å². The molecule has 1 atom stereocenters. The quantitative estimate of drug-likeness (QED) is 0.445. The second kappa shape index (κ2) is 8.93. The molecule has 8 heteroatoms. The van der Waals surface area contributed by atoms with Gasteiger partial charge in [-0.1, -0.05) is 48.9 Å². The van der Waals surface area contributed by atoms with Crippen molar-refractivity contribution < 1.29 is 18.4 Å². The molecule has 1 aromatic heterocycles. The molecule has 3 aromatic rings. The van der Waals surface area contributed by atoms with Gasteiger partial charge in [0.2, 0.25) is 11.8 Å². The third-order valence-electron chi connectivity index (χ3n) is 5.06. The summed E-state index contributed by atoms with van der Waals surface area (Å²) in [6.07, 6.45) is 1.62. The van der Waals surface area contributed by atoms with Crippen LogP contribution in [0, 0.1) is 11.6 Å². The number of thiazole rings is 1. The molecule has 1 aliphatic carbocycles. The maximum atomic E-state index is 13.4. The van der Waals surface area contributed by atoms with Crippen LogP contribution in [0.5, 0.6) is 0 Å². The van der Waals surface area contributed by atoms with Gasteiger partial charge in [-0.15, -0.1) is 0 Å². The minimum Gasteiger partial charge on any atom is -0.344 e. The Morgan fingerprint density at radius 3 is 2.65 bits per heavy atom. The van der Waals surface area contributed by atoms with Gasteiger partial charge in [0.15, 0.2) is 5.13 Å². The molecule has 5 nitrogen and oxygen atoms in total. The highest BCUT2D eigenvalue weighted by Crippen LogP contribution is 2.41. The highest BCUT2D eigenvalue weighted by Gasteiger charge is 2.25. The van der Waals surface area contributed by atoms with E-state index in [0.29, 0.717) is 18.0 Å². The summed E-state index contributed by atoms with van der Waals surface area (Å²) in [5, 5.41) is 5.97. The standard InChI is InChI=1S/C23H21F2N3O2S/c1-2-5-18(26-20(29)10-13-8-15(24)12-16(25)9-13)22(30)28-23-27-19-11-14-6-3-4-7-17(14)21(19)31-23/h3-4,6-9,12,18H,2,5,10-11H2,1H3,(H,26,29)(H,27,28,30)/t18-/m0/s1. The van der Waals surface area contributed by atoms with Crippen LogP contribution in [0.2, 0.25) is 0 Å². The smallest absolute Gasteiger partial charge is 0.248 e. The van der Waals surface area contributed by atoms with Crippen molar-refractivity contribution in [1.29, 1.82) is 0 Å². The zero-order valence-electron chi connectivity index (χ0n) is 16.9. The number of aromatic nitrogens is 1. The highest BCUT2D eigenvalue weighted by molar-refractivity contribution is 7.19. The average Bonchev–Trinajstić information content (AvgIpc) is 3.24. The molecule has 4 rings (SSSR count). The van der Waals surface area contributed by atoms with Crippen LogP contribution in [-0.4, -0.2) is 22.8 Å². The lowest BCUT2D eigenvalue weighted by Gasteiger charge is -2.17. The number of carbonyl (C=O) groups excluding carboxylic acids is 2. The Labute approximate surface area is 182 Å². The molecule has 1 aliphatic rings. The van der Waals surface area contributed by atoms with Crippen LogP contribution in [0.1, 0.15) is 36.6 Å². The molecule has 2 N–H and O–H groups in total. The summed E-state index contributed by atoms with van der Waals surface area (Å²) < 4.78 is 26.7. The Kier molecular flexibility index (Phi) is 6.08. The predicted octanol–water partition coefficient (Wildman–Crippen LogP) is 4.46. The minimum atomic E-state index is -0.762. The van der Waals surface area contributed by atoms with Gasteiger partial charge >= 0.3 is 0 Å². The molecule has 0 aliphatic heterocycles. The first kappa shape index (κ1) is 21.1. The van der Waals surface area contributed by atoms with E-state index >= 15 is 0 Å². The molecule has 0 unspecified atom stereocenters. The number of fused-ring (bicyclic) bond motifs is 3. The molecule has 0 saturated heterocycles. The molecule has 0 radical (unpaired) electrons. The van der Waals surface area contributed by atoms with Crippen molar-refractivity contribution in [2.45, 2.75) is 38.6 Å². The maximum Gasteiger partial charge on any atom is 0.248 e. The van der Waals surface area contributed by atoms with Gasteiger partial charge in [0.25, 0.3) is 0 Å². The fourth-order valence-corrected chi connectivity index (χ4v) is 4.75. The molecule has 2 amide bonds. The largest absolute Gasteiger partial charge is 0.344 e. The van der Waals surface area contributed by atoms with Crippen LogP contribution in [0.3, 0.4) is 0 Å². The van der Waals surface area contributed by atoms with Crippen molar-refractivity contribution in [3.63, 3.8) is 0 Å². The van der Waals surface area contributed by atoms with Gasteiger partial charge in [0.1, 0.15) is 17.7 Å². The van der Waals surface area contributed by atoms with E-state index in [2.05, 4.69) is 21.7 Å². The van der Waals surface area contributed by atoms with Crippen LogP contribution in [0.4, 0.5) is 13.9 Å². The Bertz CT molecular complexity index is 1130. The van der Waals surface area contributed by atoms with E-state index in [9.17, 15) is 18.4 Å². The van der Waals surface area contributed by atoms with E-state index in [1.54, 1.807) is 0 Å². The van der Waals surface area contributed by atoms with Gasteiger partial charge in [0.05, 0.1) is 17.0 Å². The van der Waals surface area contributed by atoms with Gasteiger partial charge in [-0.25, -0.2) is 13.8 Å². The predicted molar refractivity (Wildman–Crippen MR) is 116 cm³/mol. The lowest BCUT2D eigenvalue weighted by Crippen LogP contribution is -2.44. The summed E-state index contributed by atoms with van der Waals surface area (Å²) >= 11 is 1.41. The molecule has 0 bridgehead atoms. The zero-order chi connectivity index (χ0) is 22.0. The van der Waals surface area contributed by atoms with Crippen LogP contribution in [-0.2, 0) is 22.4 Å². The van der Waals surface area contributed by atoms with E-state index in [4.69, 9.17) is 0 Å². The first-order chi connectivity index (χ1) is 14.9. The van der Waals surface area contributed by atoms with E-state index in [1.807, 2.05) is 25.1 Å². The third kappa shape index (κ3) is 4.80. The number of nitrogens with zero attached hydrogens (tertiary/aromatic N) is 1. The van der Waals surface area contributed by atoms with E-state index in [-0.39, 0.29) is 17.9 Å². The third-order valence-corrected chi connectivity index (χ3v) is 6.11. The number of halogens is 2. The molecule has 1 heterocycles. The maximum absolute atomic E-state index is 13.4. The summed E-state index contributed by atoms with van der Waals surface area (Å²) in [5.41, 5.74) is 3.50. The van der Waals surface area contributed by atoms with Crippen molar-refractivity contribution in [3.05, 3.63) is 70.9 Å². The SMILES string of the molecule is CCC[C@H](NC(=O)Cc1cc(F)cc(F)c1)C(=O)Nc1nc2c(s1)-c1ccccc1C2. The average molecular weight is 442 g/mol. The van der Waals surface area contributed by atoms with Crippen molar-refractivity contribution in [3.8, 4) is 10.4 Å². The molecule has 0 saturated carbocycles. The van der Waals surface area contributed by atoms with Gasteiger partial charge in [-0.05, 0) is 35.2 Å². The fraction of sp³-hybridized carbons (Fsp3) is 0.261. The van der Waals surface area contributed by atoms with Crippen molar-refractivity contribution in [2.24, 2.45) is 0 Å². The fourth-order valence-electron chi connectivity index (χ4n) is 3.71. The molecule has 160 valence electrons. The Morgan fingerprint density at radius 2 is 1.90 bits per heavy atom. The number of carbonyl (C=O) groups is 2. The summed E-state index contributed by atoms with van der Waals surface area (Å²) in [7, 11) is 0. The monoisotopic (exact) mass is 441 g/mol. The normalized spacial score (nSPS) is 12.7. The summed E-state index contributed by atoms with van der Waals surface area (Å²) in [6, 6.07) is 10.3. The van der Waals surface area contributed by atoms with Crippen LogP contribution >= 0.6 is 11.3 Å². The number of rotatable bonds is 7. The second-order valence-corrected chi connectivity index (χ2v) is 8.48. The Balaban J connectivity index is 1.42. The van der Waals surface area contributed by atoms with E-state index < -0.39 is 23.6 Å². The van der Waals surface area contributed by atoms with Gasteiger partial charge in [0, 0.05) is 12.5 Å². The van der Waals surface area contributed by atoms with Gasteiger partial charge in [-0.2, -0.15) is 0 Å². The van der Waals surface area contributed by atoms with E-state index in [0.717, 1.165) is 40.8 Å². The number of benzene rings is 2. The number of hydrogen-bond donors (Lipinski definition) is 2. The van der Waals surface area contributed by atoms with Gasteiger partial charge < -0.3 is 10.6 Å². The van der Waals surface area contributed by atoms with Gasteiger partial charge in [-0.3, -0.25) is 9.59 Å². The number of hydrogen-bond acceptors (Lipinski definition) is 4. The molecular weight excluding hydrogens is 420 g/mol. The summed E-state index contributed by atoms with van der Waals surface area (Å²) in [6.45, 7) is 1.91. The minimum absolute atomic E-state index is 0.209. The molecule has 0 spiro atoms. The topological polar surface area (TPSA) is 71.1 Å². The lowest BCUT2D eigenvalue weighted by atomic mass is 10.1. The Hall–Kier alpha value is -3.13.